The minimum Gasteiger partial charge on any atom is -0.160 e. The topological polar surface area (TPSA) is 0 Å². The van der Waals surface area contributed by atoms with Gasteiger partial charge in [-0.2, -0.15) is 13.2 Å². The van der Waals surface area contributed by atoms with Gasteiger partial charge in [0.2, 0.25) is 0 Å². The normalized spacial score (nSPS) is 29.9. The Balaban J connectivity index is 2.16. The Labute approximate surface area is 122 Å². The van der Waals surface area contributed by atoms with E-state index in [9.17, 15) is 13.2 Å². The van der Waals surface area contributed by atoms with Gasteiger partial charge in [0.1, 0.15) is 0 Å². The molecule has 0 amide bonds. The molecule has 110 valence electrons. The monoisotopic (exact) mass is 320 g/mol. The Kier molecular flexibility index (Phi) is 3.37. The zero-order valence-corrected chi connectivity index (χ0v) is 12.7. The Morgan fingerprint density at radius 2 is 1.85 bits per heavy atom. The summed E-state index contributed by atoms with van der Waals surface area (Å²) in [6, 6.07) is 5.23. The van der Waals surface area contributed by atoms with E-state index in [-0.39, 0.29) is 10.8 Å². The number of hydrogen-bond acceptors (Lipinski definition) is 0. The van der Waals surface area contributed by atoms with Crippen LogP contribution in [-0.4, -0.2) is 5.51 Å². The molecule has 0 N–H and O–H groups in total. The first-order chi connectivity index (χ1) is 9.34. The Bertz CT molecular complexity index is 573. The fourth-order valence-electron chi connectivity index (χ4n) is 3.18. The number of halogens is 4. The molecule has 5 heteroatoms. The van der Waals surface area contributed by atoms with Crippen LogP contribution >= 0.6 is 19.9 Å². The lowest BCUT2D eigenvalue weighted by Crippen LogP contribution is -2.19. The molecule has 1 aliphatic carbocycles. The van der Waals surface area contributed by atoms with Crippen molar-refractivity contribution in [1.82, 2.24) is 0 Å². The molecule has 0 spiro atoms. The van der Waals surface area contributed by atoms with Gasteiger partial charge in [0.05, 0.1) is 0 Å². The summed E-state index contributed by atoms with van der Waals surface area (Å²) < 4.78 is 41.2. The van der Waals surface area contributed by atoms with Gasteiger partial charge in [-0.05, 0) is 73.8 Å². The first-order valence-corrected chi connectivity index (χ1v) is 9.21. The van der Waals surface area contributed by atoms with E-state index in [0.717, 1.165) is 31.2 Å². The highest BCUT2D eigenvalue weighted by Gasteiger charge is 2.57. The summed E-state index contributed by atoms with van der Waals surface area (Å²) in [5, 5.41) is 0. The van der Waals surface area contributed by atoms with Gasteiger partial charge in [-0.3, -0.25) is 0 Å². The Morgan fingerprint density at radius 3 is 2.45 bits per heavy atom. The summed E-state index contributed by atoms with van der Waals surface area (Å²) in [6.07, 6.45) is 5.37. The van der Waals surface area contributed by atoms with Gasteiger partial charge in [0.15, 0.2) is 0 Å². The van der Waals surface area contributed by atoms with Crippen LogP contribution in [0.4, 0.5) is 13.2 Å². The lowest BCUT2D eigenvalue weighted by molar-refractivity contribution is -0.0360. The fourth-order valence-corrected chi connectivity index (χ4v) is 6.65. The SMILES string of the molecule is Cc1ccc2c(c1)S(Cl)(C(F)(F)F)C(C1CCCC1)=C2. The molecule has 0 bridgehead atoms. The van der Waals surface area contributed by atoms with E-state index in [1.807, 2.05) is 6.07 Å². The maximum atomic E-state index is 13.7. The van der Waals surface area contributed by atoms with Crippen molar-refractivity contribution in [2.24, 2.45) is 5.92 Å². The van der Waals surface area contributed by atoms with Crippen LogP contribution in [0.5, 0.6) is 0 Å². The predicted molar refractivity (Wildman–Crippen MR) is 78.9 cm³/mol. The van der Waals surface area contributed by atoms with Crippen LogP contribution < -0.4 is 0 Å². The quantitative estimate of drug-likeness (QED) is 0.563. The Hall–Kier alpha value is -0.610. The van der Waals surface area contributed by atoms with Crippen LogP contribution in [0.3, 0.4) is 0 Å². The smallest absolute Gasteiger partial charge is 0.160 e. The van der Waals surface area contributed by atoms with Gasteiger partial charge in [-0.1, -0.05) is 25.0 Å². The van der Waals surface area contributed by atoms with E-state index in [2.05, 4.69) is 0 Å². The molecule has 1 aromatic carbocycles. The molecular weight excluding hydrogens is 305 g/mol. The van der Waals surface area contributed by atoms with Crippen LogP contribution in [0.2, 0.25) is 0 Å². The molecule has 1 aliphatic heterocycles. The van der Waals surface area contributed by atoms with Crippen LogP contribution in [0.1, 0.15) is 36.8 Å². The van der Waals surface area contributed by atoms with Crippen molar-refractivity contribution in [2.45, 2.75) is 43.0 Å². The molecular formula is C15H16ClF3S. The number of alkyl halides is 3. The second-order valence-electron chi connectivity index (χ2n) is 5.55. The number of rotatable bonds is 1. The average Bonchev–Trinajstić information content (AvgIpc) is 2.96. The standard InChI is InChI=1S/C15H16ClF3S/c1-10-6-7-12-9-14(11-4-2-3-5-11)20(16,13(12)8-10)15(17,18)19/h6-9,11H,2-5H2,1H3. The molecule has 1 heterocycles. The molecule has 0 radical (unpaired) electrons. The average molecular weight is 321 g/mol. The van der Waals surface area contributed by atoms with Gasteiger partial charge in [0, 0.05) is 4.90 Å². The molecule has 0 nitrogen and oxygen atoms in total. The fraction of sp³-hybridized carbons (Fsp3) is 0.467. The molecule has 1 atom stereocenters. The van der Waals surface area contributed by atoms with E-state index in [4.69, 9.17) is 10.7 Å². The van der Waals surface area contributed by atoms with Crippen molar-refractivity contribution >= 4 is 26.0 Å². The van der Waals surface area contributed by atoms with E-state index < -0.39 is 14.7 Å². The number of aryl methyl sites for hydroxylation is 1. The molecule has 0 aromatic heterocycles. The zero-order chi connectivity index (χ0) is 14.5. The van der Waals surface area contributed by atoms with Crippen molar-refractivity contribution < 1.29 is 13.2 Å². The highest BCUT2D eigenvalue weighted by Crippen LogP contribution is 2.81. The Morgan fingerprint density at radius 1 is 1.20 bits per heavy atom. The molecule has 1 unspecified atom stereocenters. The summed E-state index contributed by atoms with van der Waals surface area (Å²) in [5.74, 6) is -0.00293. The summed E-state index contributed by atoms with van der Waals surface area (Å²) in [7, 11) is 2.89. The molecule has 1 aromatic rings. The molecule has 0 saturated heterocycles. The second kappa shape index (κ2) is 4.70. The first-order valence-electron chi connectivity index (χ1n) is 6.75. The molecule has 1 fully saturated rings. The highest BCUT2D eigenvalue weighted by atomic mass is 35.7. The number of allylic oxidation sites excluding steroid dienone is 1. The molecule has 1 saturated carbocycles. The maximum Gasteiger partial charge on any atom is 0.445 e. The van der Waals surface area contributed by atoms with Crippen LogP contribution in [0.15, 0.2) is 28.0 Å². The number of hydrogen-bond donors (Lipinski definition) is 0. The van der Waals surface area contributed by atoms with E-state index in [0.29, 0.717) is 10.5 Å². The third-order valence-corrected chi connectivity index (χ3v) is 8.43. The zero-order valence-electron chi connectivity index (χ0n) is 11.1. The third-order valence-electron chi connectivity index (χ3n) is 4.17. The summed E-state index contributed by atoms with van der Waals surface area (Å²) in [5.41, 5.74) is -2.91. The lowest BCUT2D eigenvalue weighted by atomic mass is 10.1. The molecule has 2 aliphatic rings. The summed E-state index contributed by atoms with van der Waals surface area (Å²) in [4.78, 5) is 0.721. The van der Waals surface area contributed by atoms with E-state index in [1.165, 1.54) is 0 Å². The predicted octanol–water partition coefficient (Wildman–Crippen LogP) is 6.38. The van der Waals surface area contributed by atoms with Crippen LogP contribution in [-0.2, 0) is 0 Å². The number of benzene rings is 1. The van der Waals surface area contributed by atoms with Crippen molar-refractivity contribution in [3.8, 4) is 0 Å². The lowest BCUT2D eigenvalue weighted by Gasteiger charge is -2.37. The van der Waals surface area contributed by atoms with Gasteiger partial charge < -0.3 is 0 Å². The van der Waals surface area contributed by atoms with Gasteiger partial charge in [0.25, 0.3) is 0 Å². The van der Waals surface area contributed by atoms with Gasteiger partial charge in [-0.25, -0.2) is 0 Å². The minimum absolute atomic E-state index is 0.00293. The van der Waals surface area contributed by atoms with Crippen molar-refractivity contribution in [3.05, 3.63) is 34.2 Å². The van der Waals surface area contributed by atoms with Crippen LogP contribution in [0, 0.1) is 12.8 Å². The minimum atomic E-state index is -4.39. The molecule has 20 heavy (non-hydrogen) atoms. The maximum absolute atomic E-state index is 13.7. The second-order valence-corrected chi connectivity index (χ2v) is 9.39. The van der Waals surface area contributed by atoms with Crippen LogP contribution in [0.25, 0.3) is 6.08 Å². The first kappa shape index (κ1) is 14.3. The van der Waals surface area contributed by atoms with E-state index >= 15 is 0 Å². The van der Waals surface area contributed by atoms with Crippen molar-refractivity contribution in [1.29, 1.82) is 0 Å². The summed E-state index contributed by atoms with van der Waals surface area (Å²) in [6.45, 7) is 1.81. The third kappa shape index (κ3) is 2.00. The number of fused-ring (bicyclic) bond motifs is 1. The van der Waals surface area contributed by atoms with E-state index in [1.54, 1.807) is 25.1 Å². The van der Waals surface area contributed by atoms with Crippen molar-refractivity contribution in [3.63, 3.8) is 0 Å². The van der Waals surface area contributed by atoms with Gasteiger partial charge in [-0.15, -0.1) is 0 Å². The largest absolute Gasteiger partial charge is 0.445 e. The van der Waals surface area contributed by atoms with Crippen molar-refractivity contribution in [2.75, 3.05) is 0 Å². The summed E-state index contributed by atoms with van der Waals surface area (Å²) >= 11 is 0. The molecule has 3 rings (SSSR count). The van der Waals surface area contributed by atoms with Gasteiger partial charge >= 0.3 is 5.51 Å². The highest BCUT2D eigenvalue weighted by molar-refractivity contribution is 8.54.